The fraction of sp³-hybridized carbons (Fsp3) is 0. The van der Waals surface area contributed by atoms with Gasteiger partial charge in [-0.25, -0.2) is 0 Å². The van der Waals surface area contributed by atoms with Crippen molar-refractivity contribution >= 4 is 76.9 Å². The van der Waals surface area contributed by atoms with Crippen molar-refractivity contribution < 1.29 is 0 Å². The zero-order valence-corrected chi connectivity index (χ0v) is 29.4. The summed E-state index contributed by atoms with van der Waals surface area (Å²) >= 11 is 1.90. The van der Waals surface area contributed by atoms with E-state index >= 15 is 0 Å². The summed E-state index contributed by atoms with van der Waals surface area (Å²) in [6.45, 7) is 0. The van der Waals surface area contributed by atoms with Crippen LogP contribution in [0.15, 0.2) is 192 Å². The molecule has 0 atom stereocenters. The Hall–Kier alpha value is -6.55. The third-order valence-corrected chi connectivity index (χ3v) is 12.4. The molecule has 2 nitrogen and oxygen atoms in total. The van der Waals surface area contributed by atoms with Crippen LogP contribution in [0, 0.1) is 0 Å². The average Bonchev–Trinajstić information content (AvgIpc) is 3.74. The lowest BCUT2D eigenvalue weighted by atomic mass is 9.92. The molecule has 0 bridgehead atoms. The minimum absolute atomic E-state index is 1.18. The molecule has 0 radical (unpaired) electrons. The van der Waals surface area contributed by atoms with Gasteiger partial charge >= 0.3 is 0 Å². The molecule has 0 aliphatic carbocycles. The summed E-state index contributed by atoms with van der Waals surface area (Å²) in [5.74, 6) is 0. The molecular weight excluding hydrogens is 661 g/mol. The van der Waals surface area contributed by atoms with E-state index in [0.717, 1.165) is 0 Å². The van der Waals surface area contributed by atoms with Gasteiger partial charge in [0.15, 0.2) is 0 Å². The van der Waals surface area contributed by atoms with Crippen molar-refractivity contribution in [1.82, 2.24) is 9.13 Å². The van der Waals surface area contributed by atoms with Gasteiger partial charge in [-0.2, -0.15) is 0 Å². The minimum Gasteiger partial charge on any atom is -0.309 e. The maximum absolute atomic E-state index is 2.46. The zero-order valence-electron chi connectivity index (χ0n) is 28.6. The maximum atomic E-state index is 2.46. The third-order valence-electron chi connectivity index (χ3n) is 11.3. The molecule has 0 saturated carbocycles. The van der Waals surface area contributed by atoms with E-state index in [1.807, 2.05) is 11.8 Å². The smallest absolute Gasteiger partial charge is 0.0558 e. The topological polar surface area (TPSA) is 9.86 Å². The SMILES string of the molecule is c1ccc(-n2c3ccccc3c3c4cccc5c4c(cc32)Sc2ccc(-c3cccc4c3c3ccccc3n4-c3cccc4ccccc34)cc2-5)cc1. The summed E-state index contributed by atoms with van der Waals surface area (Å²) in [7, 11) is 0. The number of hydrogen-bond acceptors (Lipinski definition) is 1. The van der Waals surface area contributed by atoms with Crippen LogP contribution >= 0.6 is 11.8 Å². The van der Waals surface area contributed by atoms with Gasteiger partial charge in [0.05, 0.1) is 27.8 Å². The van der Waals surface area contributed by atoms with Crippen LogP contribution in [-0.4, -0.2) is 9.13 Å². The highest BCUT2D eigenvalue weighted by Crippen LogP contribution is 2.52. The largest absolute Gasteiger partial charge is 0.309 e. The first-order valence-corrected chi connectivity index (χ1v) is 19.0. The highest BCUT2D eigenvalue weighted by atomic mass is 32.2. The first-order valence-electron chi connectivity index (χ1n) is 18.2. The standard InChI is InChI=1S/C50H30N2S/c1-2-15-33(16-3-1)51-42-23-8-6-18-37(42)49-39-22-11-21-36-40-29-32(27-28-46(40)53-47(50(36)39)30-45(49)51)35-20-12-26-44-48(35)38-19-7-9-24-43(38)52(44)41-25-10-14-31-13-4-5-17-34(31)41/h1-30H. The molecular formula is C50H30N2S. The van der Waals surface area contributed by atoms with E-state index in [-0.39, 0.29) is 0 Å². The quantitative estimate of drug-likeness (QED) is 0.179. The van der Waals surface area contributed by atoms with Crippen LogP contribution in [0.25, 0.3) is 98.8 Å². The fourth-order valence-corrected chi connectivity index (χ4v) is 10.2. The average molecular weight is 691 g/mol. The van der Waals surface area contributed by atoms with E-state index < -0.39 is 0 Å². The van der Waals surface area contributed by atoms with E-state index in [2.05, 4.69) is 191 Å². The van der Waals surface area contributed by atoms with Crippen LogP contribution in [-0.2, 0) is 0 Å². The molecule has 0 fully saturated rings. The first kappa shape index (κ1) is 29.1. The number of rotatable bonds is 3. The molecule has 11 aromatic rings. The van der Waals surface area contributed by atoms with E-state index in [0.29, 0.717) is 0 Å². The van der Waals surface area contributed by atoms with Crippen LogP contribution in [0.4, 0.5) is 0 Å². The second-order valence-electron chi connectivity index (χ2n) is 14.0. The fourth-order valence-electron chi connectivity index (χ4n) is 9.10. The van der Waals surface area contributed by atoms with E-state index in [9.17, 15) is 0 Å². The molecule has 3 heteroatoms. The van der Waals surface area contributed by atoms with Crippen molar-refractivity contribution in [1.29, 1.82) is 0 Å². The molecule has 0 saturated heterocycles. The Morgan fingerprint density at radius 2 is 0.981 bits per heavy atom. The number of benzene rings is 9. The third kappa shape index (κ3) is 4.06. The van der Waals surface area contributed by atoms with Gasteiger partial charge in [-0.1, -0.05) is 139 Å². The molecule has 1 aliphatic rings. The van der Waals surface area contributed by atoms with Crippen LogP contribution in [0.3, 0.4) is 0 Å². The number of hydrogen-bond donors (Lipinski definition) is 0. The summed E-state index contributed by atoms with van der Waals surface area (Å²) in [6.07, 6.45) is 0. The summed E-state index contributed by atoms with van der Waals surface area (Å²) < 4.78 is 4.89. The van der Waals surface area contributed by atoms with Crippen LogP contribution < -0.4 is 0 Å². The molecule has 3 heterocycles. The number of fused-ring (bicyclic) bond motifs is 10. The van der Waals surface area contributed by atoms with E-state index in [4.69, 9.17) is 0 Å². The van der Waals surface area contributed by atoms with Gasteiger partial charge in [-0.05, 0) is 87.6 Å². The van der Waals surface area contributed by atoms with Crippen LogP contribution in [0.1, 0.15) is 0 Å². The lowest BCUT2D eigenvalue weighted by molar-refractivity contribution is 1.18. The van der Waals surface area contributed by atoms with E-state index in [1.165, 1.54) is 109 Å². The second kappa shape index (κ2) is 11.0. The van der Waals surface area contributed by atoms with Crippen molar-refractivity contribution in [2.24, 2.45) is 0 Å². The molecule has 12 rings (SSSR count). The molecule has 0 amide bonds. The predicted molar refractivity (Wildman–Crippen MR) is 225 cm³/mol. The van der Waals surface area contributed by atoms with Gasteiger partial charge in [0.25, 0.3) is 0 Å². The van der Waals surface area contributed by atoms with Crippen molar-refractivity contribution in [3.63, 3.8) is 0 Å². The molecule has 246 valence electrons. The Morgan fingerprint density at radius 1 is 0.340 bits per heavy atom. The van der Waals surface area contributed by atoms with Crippen LogP contribution in [0.2, 0.25) is 0 Å². The van der Waals surface area contributed by atoms with Gasteiger partial charge in [-0.3, -0.25) is 0 Å². The van der Waals surface area contributed by atoms with Gasteiger partial charge in [0.1, 0.15) is 0 Å². The highest BCUT2D eigenvalue weighted by Gasteiger charge is 2.25. The summed E-state index contributed by atoms with van der Waals surface area (Å²) in [5, 5.41) is 10.3. The zero-order chi connectivity index (χ0) is 34.6. The molecule has 9 aromatic carbocycles. The lowest BCUT2D eigenvalue weighted by Gasteiger charge is -2.22. The Kier molecular flexibility index (Phi) is 6.02. The Bertz CT molecular complexity index is 3310. The predicted octanol–water partition coefficient (Wildman–Crippen LogP) is 14.0. The van der Waals surface area contributed by atoms with Gasteiger partial charge in [0.2, 0.25) is 0 Å². The summed E-state index contributed by atoms with van der Waals surface area (Å²) in [6, 6.07) is 67.1. The molecule has 2 aromatic heterocycles. The van der Waals surface area contributed by atoms with Crippen molar-refractivity contribution in [3.05, 3.63) is 182 Å². The number of aromatic nitrogens is 2. The second-order valence-corrected chi connectivity index (χ2v) is 15.1. The van der Waals surface area contributed by atoms with Gasteiger partial charge in [0, 0.05) is 47.8 Å². The number of nitrogens with zero attached hydrogens (tertiary/aromatic N) is 2. The maximum Gasteiger partial charge on any atom is 0.0558 e. The normalized spacial score (nSPS) is 12.5. The number of para-hydroxylation sites is 3. The van der Waals surface area contributed by atoms with Crippen molar-refractivity contribution in [2.45, 2.75) is 9.79 Å². The molecule has 0 unspecified atom stereocenters. The lowest BCUT2D eigenvalue weighted by Crippen LogP contribution is -1.97. The van der Waals surface area contributed by atoms with Gasteiger partial charge < -0.3 is 9.13 Å². The first-order chi connectivity index (χ1) is 26.3. The molecule has 0 N–H and O–H groups in total. The van der Waals surface area contributed by atoms with Crippen LogP contribution in [0.5, 0.6) is 0 Å². The minimum atomic E-state index is 1.18. The molecule has 0 spiro atoms. The highest BCUT2D eigenvalue weighted by molar-refractivity contribution is 7.99. The van der Waals surface area contributed by atoms with E-state index in [1.54, 1.807) is 0 Å². The van der Waals surface area contributed by atoms with Crippen molar-refractivity contribution in [3.8, 4) is 33.6 Å². The Labute approximate surface area is 310 Å². The Morgan fingerprint density at radius 3 is 1.85 bits per heavy atom. The summed E-state index contributed by atoms with van der Waals surface area (Å²) in [4.78, 5) is 2.60. The molecule has 1 aliphatic heterocycles. The summed E-state index contributed by atoms with van der Waals surface area (Å²) in [5.41, 5.74) is 12.4. The molecule has 53 heavy (non-hydrogen) atoms. The van der Waals surface area contributed by atoms with Crippen molar-refractivity contribution in [2.75, 3.05) is 0 Å². The van der Waals surface area contributed by atoms with Gasteiger partial charge in [-0.15, -0.1) is 0 Å². The Balaban J connectivity index is 1.10. The monoisotopic (exact) mass is 690 g/mol.